The number of rotatable bonds is 3. The molecule has 3 N–H and O–H groups in total. The van der Waals surface area contributed by atoms with Crippen LogP contribution >= 0.6 is 0 Å². The highest BCUT2D eigenvalue weighted by molar-refractivity contribution is 7.92. The Balaban J connectivity index is 2.44. The summed E-state index contributed by atoms with van der Waals surface area (Å²) in [5, 5.41) is 0. The summed E-state index contributed by atoms with van der Waals surface area (Å²) in [6.45, 7) is 3.27. The summed E-state index contributed by atoms with van der Waals surface area (Å²) < 4.78 is 40.2. The highest BCUT2D eigenvalue weighted by atomic mass is 32.2. The van der Waals surface area contributed by atoms with Gasteiger partial charge in [-0.1, -0.05) is 6.07 Å². The third kappa shape index (κ3) is 2.75. The van der Waals surface area contributed by atoms with Crippen molar-refractivity contribution in [3.05, 3.63) is 53.3 Å². The molecule has 4 nitrogen and oxygen atoms in total. The summed E-state index contributed by atoms with van der Waals surface area (Å²) in [7, 11) is -3.75. The quantitative estimate of drug-likeness (QED) is 0.855. The van der Waals surface area contributed by atoms with E-state index in [1.54, 1.807) is 26.0 Å². The summed E-state index contributed by atoms with van der Waals surface area (Å²) >= 11 is 0. The van der Waals surface area contributed by atoms with Crippen LogP contribution in [-0.4, -0.2) is 8.42 Å². The van der Waals surface area contributed by atoms with Gasteiger partial charge in [-0.25, -0.2) is 12.8 Å². The van der Waals surface area contributed by atoms with Crippen LogP contribution in [0.2, 0.25) is 0 Å². The molecule has 2 rings (SSSR count). The van der Waals surface area contributed by atoms with E-state index in [2.05, 4.69) is 4.72 Å². The van der Waals surface area contributed by atoms with Crippen LogP contribution in [0.5, 0.6) is 0 Å². The number of benzene rings is 2. The fraction of sp³-hybridized carbons (Fsp3) is 0.143. The normalized spacial score (nSPS) is 11.3. The predicted octanol–water partition coefficient (Wildman–Crippen LogP) is 2.83. The van der Waals surface area contributed by atoms with Crippen LogP contribution in [0.4, 0.5) is 15.8 Å². The van der Waals surface area contributed by atoms with Gasteiger partial charge in [-0.2, -0.15) is 0 Å². The maximum atomic E-state index is 13.0. The molecule has 0 aliphatic carbocycles. The van der Waals surface area contributed by atoms with Gasteiger partial charge >= 0.3 is 0 Å². The molecule has 0 bridgehead atoms. The zero-order valence-electron chi connectivity index (χ0n) is 11.1. The number of hydrogen-bond acceptors (Lipinski definition) is 3. The molecule has 106 valence electrons. The van der Waals surface area contributed by atoms with Crippen LogP contribution in [0.15, 0.2) is 41.3 Å². The lowest BCUT2D eigenvalue weighted by atomic mass is 10.2. The van der Waals surface area contributed by atoms with E-state index < -0.39 is 15.8 Å². The summed E-state index contributed by atoms with van der Waals surface area (Å²) in [5.74, 6) is -0.411. The maximum Gasteiger partial charge on any atom is 0.262 e. The van der Waals surface area contributed by atoms with E-state index in [9.17, 15) is 12.8 Å². The summed E-state index contributed by atoms with van der Waals surface area (Å²) in [6, 6.07) is 8.56. The molecule has 20 heavy (non-hydrogen) atoms. The molecule has 0 amide bonds. The van der Waals surface area contributed by atoms with Crippen molar-refractivity contribution in [2.24, 2.45) is 0 Å². The Bertz CT molecular complexity index is 758. The van der Waals surface area contributed by atoms with Crippen molar-refractivity contribution in [2.45, 2.75) is 18.7 Å². The Morgan fingerprint density at radius 2 is 1.85 bits per heavy atom. The van der Waals surface area contributed by atoms with Crippen LogP contribution in [-0.2, 0) is 10.0 Å². The smallest absolute Gasteiger partial charge is 0.262 e. The second-order valence-corrected chi connectivity index (χ2v) is 6.19. The Kier molecular flexibility index (Phi) is 3.67. The molecule has 0 radical (unpaired) electrons. The molecule has 0 aromatic heterocycles. The fourth-order valence-corrected chi connectivity index (χ4v) is 3.27. The minimum atomic E-state index is -3.75. The topological polar surface area (TPSA) is 72.2 Å². The molecule has 0 aliphatic rings. The fourth-order valence-electron chi connectivity index (χ4n) is 1.86. The average Bonchev–Trinajstić information content (AvgIpc) is 2.36. The van der Waals surface area contributed by atoms with Gasteiger partial charge in [-0.3, -0.25) is 4.72 Å². The van der Waals surface area contributed by atoms with Crippen molar-refractivity contribution in [3.8, 4) is 0 Å². The molecule has 0 unspecified atom stereocenters. The zero-order chi connectivity index (χ0) is 14.9. The Morgan fingerprint density at radius 1 is 1.15 bits per heavy atom. The van der Waals surface area contributed by atoms with Crippen LogP contribution in [0, 0.1) is 19.7 Å². The third-order valence-electron chi connectivity index (χ3n) is 3.05. The molecule has 2 aromatic carbocycles. The standard InChI is InChI=1S/C14H15FN2O2S/c1-9-8-11(15)6-7-13(9)17-20(18,19)14-5-3-4-12(16)10(14)2/h3-8,17H,16H2,1-2H3. The van der Waals surface area contributed by atoms with Gasteiger partial charge in [0.2, 0.25) is 0 Å². The molecule has 0 spiro atoms. The van der Waals surface area contributed by atoms with Crippen molar-refractivity contribution in [1.82, 2.24) is 0 Å². The summed E-state index contributed by atoms with van der Waals surface area (Å²) in [6.07, 6.45) is 0. The second kappa shape index (κ2) is 5.13. The first-order chi connectivity index (χ1) is 9.31. The molecule has 6 heteroatoms. The van der Waals surface area contributed by atoms with Crippen molar-refractivity contribution < 1.29 is 12.8 Å². The van der Waals surface area contributed by atoms with Crippen LogP contribution in [0.1, 0.15) is 11.1 Å². The zero-order valence-corrected chi connectivity index (χ0v) is 12.0. The molecule has 0 aliphatic heterocycles. The van der Waals surface area contributed by atoms with E-state index in [1.807, 2.05) is 0 Å². The number of nitrogens with two attached hydrogens (primary N) is 1. The van der Waals surface area contributed by atoms with Crippen LogP contribution in [0.25, 0.3) is 0 Å². The minimum absolute atomic E-state index is 0.112. The molecule has 2 aromatic rings. The number of hydrogen-bond donors (Lipinski definition) is 2. The van der Waals surface area contributed by atoms with Crippen molar-refractivity contribution in [2.75, 3.05) is 10.5 Å². The van der Waals surface area contributed by atoms with E-state index in [0.717, 1.165) is 0 Å². The van der Waals surface area contributed by atoms with E-state index in [1.165, 1.54) is 24.3 Å². The van der Waals surface area contributed by atoms with Crippen LogP contribution in [0.3, 0.4) is 0 Å². The lowest BCUT2D eigenvalue weighted by Crippen LogP contribution is -2.15. The van der Waals surface area contributed by atoms with E-state index >= 15 is 0 Å². The predicted molar refractivity (Wildman–Crippen MR) is 77.5 cm³/mol. The average molecular weight is 294 g/mol. The van der Waals surface area contributed by atoms with Gasteiger partial charge in [-0.15, -0.1) is 0 Å². The molecule has 0 heterocycles. The maximum absolute atomic E-state index is 13.0. The Morgan fingerprint density at radius 3 is 2.50 bits per heavy atom. The van der Waals surface area contributed by atoms with Gasteiger partial charge in [0.15, 0.2) is 0 Å². The molecule has 0 saturated heterocycles. The number of halogens is 1. The van der Waals surface area contributed by atoms with E-state index in [-0.39, 0.29) is 4.90 Å². The van der Waals surface area contributed by atoms with Crippen molar-refractivity contribution in [1.29, 1.82) is 0 Å². The van der Waals surface area contributed by atoms with Gasteiger partial charge in [0.1, 0.15) is 5.82 Å². The first-order valence-electron chi connectivity index (χ1n) is 5.95. The number of nitrogen functional groups attached to an aromatic ring is 1. The lowest BCUT2D eigenvalue weighted by Gasteiger charge is -2.13. The van der Waals surface area contributed by atoms with E-state index in [4.69, 9.17) is 5.73 Å². The first-order valence-corrected chi connectivity index (χ1v) is 7.43. The number of aryl methyl sites for hydroxylation is 1. The van der Waals surface area contributed by atoms with Gasteiger partial charge < -0.3 is 5.73 Å². The Hall–Kier alpha value is -2.08. The second-order valence-electron chi connectivity index (χ2n) is 4.54. The SMILES string of the molecule is Cc1cc(F)ccc1NS(=O)(=O)c1cccc(N)c1C. The van der Waals surface area contributed by atoms with E-state index in [0.29, 0.717) is 22.5 Å². The molecular formula is C14H15FN2O2S. The van der Waals surface area contributed by atoms with Gasteiger partial charge in [0.25, 0.3) is 10.0 Å². The number of nitrogens with one attached hydrogen (secondary N) is 1. The minimum Gasteiger partial charge on any atom is -0.398 e. The highest BCUT2D eigenvalue weighted by Crippen LogP contribution is 2.24. The largest absolute Gasteiger partial charge is 0.398 e. The number of sulfonamides is 1. The summed E-state index contributed by atoms with van der Waals surface area (Å²) in [4.78, 5) is 0.112. The molecule has 0 fully saturated rings. The molecular weight excluding hydrogens is 279 g/mol. The van der Waals surface area contributed by atoms with Crippen molar-refractivity contribution in [3.63, 3.8) is 0 Å². The molecule has 0 atom stereocenters. The number of anilines is 2. The van der Waals surface area contributed by atoms with Gasteiger partial charge in [0.05, 0.1) is 10.6 Å². The third-order valence-corrected chi connectivity index (χ3v) is 4.56. The Labute approximate surface area is 117 Å². The summed E-state index contributed by atoms with van der Waals surface area (Å²) in [5.41, 5.74) is 7.46. The van der Waals surface area contributed by atoms with Gasteiger partial charge in [0, 0.05) is 5.69 Å². The molecule has 0 saturated carbocycles. The lowest BCUT2D eigenvalue weighted by molar-refractivity contribution is 0.600. The monoisotopic (exact) mass is 294 g/mol. The van der Waals surface area contributed by atoms with Crippen LogP contribution < -0.4 is 10.5 Å². The van der Waals surface area contributed by atoms with Gasteiger partial charge in [-0.05, 0) is 55.3 Å². The highest BCUT2D eigenvalue weighted by Gasteiger charge is 2.18. The van der Waals surface area contributed by atoms with Crippen molar-refractivity contribution >= 4 is 21.4 Å². The first kappa shape index (κ1) is 14.3.